The number of amides is 1. The molecule has 2 aromatic carbocycles. The molecule has 0 bridgehead atoms. The first-order valence-electron chi connectivity index (χ1n) is 8.69. The Kier molecular flexibility index (Phi) is 7.20. The summed E-state index contributed by atoms with van der Waals surface area (Å²) in [5, 5.41) is 21.9. The SMILES string of the molecule is COc1ccc(CC(=O)Nc2nnc(SCc3ccc([N+](=O)[O-])cc3)s2)cc1OC. The van der Waals surface area contributed by atoms with Crippen LogP contribution in [0.1, 0.15) is 11.1 Å². The van der Waals surface area contributed by atoms with Crippen molar-refractivity contribution in [2.75, 3.05) is 19.5 Å². The third-order valence-electron chi connectivity index (χ3n) is 3.97. The highest BCUT2D eigenvalue weighted by molar-refractivity contribution is 8.00. The van der Waals surface area contributed by atoms with Crippen LogP contribution in [0.15, 0.2) is 46.8 Å². The molecular formula is C19H18N4O5S2. The number of nitro groups is 1. The van der Waals surface area contributed by atoms with Crippen LogP contribution in [0.2, 0.25) is 0 Å². The van der Waals surface area contributed by atoms with Gasteiger partial charge >= 0.3 is 0 Å². The molecular weight excluding hydrogens is 428 g/mol. The molecule has 0 spiro atoms. The van der Waals surface area contributed by atoms with E-state index in [1.807, 2.05) is 0 Å². The van der Waals surface area contributed by atoms with Crippen LogP contribution in [0.4, 0.5) is 10.8 Å². The van der Waals surface area contributed by atoms with Crippen molar-refractivity contribution in [2.45, 2.75) is 16.5 Å². The minimum atomic E-state index is -0.432. The Morgan fingerprint density at radius 1 is 1.10 bits per heavy atom. The summed E-state index contributed by atoms with van der Waals surface area (Å²) in [4.78, 5) is 22.6. The number of thioether (sulfide) groups is 1. The second kappa shape index (κ2) is 10.0. The second-order valence-electron chi connectivity index (χ2n) is 6.00. The average Bonchev–Trinajstić information content (AvgIpc) is 3.19. The van der Waals surface area contributed by atoms with Gasteiger partial charge in [0.15, 0.2) is 15.8 Å². The van der Waals surface area contributed by atoms with Crippen molar-refractivity contribution in [3.63, 3.8) is 0 Å². The van der Waals surface area contributed by atoms with E-state index in [1.54, 1.807) is 44.6 Å². The molecule has 3 rings (SSSR count). The van der Waals surface area contributed by atoms with E-state index in [2.05, 4.69) is 15.5 Å². The number of aromatic nitrogens is 2. The molecule has 1 amide bonds. The van der Waals surface area contributed by atoms with Crippen molar-refractivity contribution >= 4 is 39.8 Å². The van der Waals surface area contributed by atoms with Crippen LogP contribution >= 0.6 is 23.1 Å². The van der Waals surface area contributed by atoms with Gasteiger partial charge in [0.05, 0.1) is 25.6 Å². The number of non-ortho nitro benzene ring substituents is 1. The first kappa shape index (κ1) is 21.5. The van der Waals surface area contributed by atoms with Crippen molar-refractivity contribution < 1.29 is 19.2 Å². The number of nitrogens with one attached hydrogen (secondary N) is 1. The third-order valence-corrected chi connectivity index (χ3v) is 6.02. The topological polar surface area (TPSA) is 116 Å². The van der Waals surface area contributed by atoms with Crippen LogP contribution in [0.25, 0.3) is 0 Å². The lowest BCUT2D eigenvalue weighted by Crippen LogP contribution is -2.14. The summed E-state index contributed by atoms with van der Waals surface area (Å²) in [6.07, 6.45) is 0.158. The monoisotopic (exact) mass is 446 g/mol. The van der Waals surface area contributed by atoms with Crippen LogP contribution in [0, 0.1) is 10.1 Å². The molecule has 0 fully saturated rings. The summed E-state index contributed by atoms with van der Waals surface area (Å²) in [7, 11) is 3.09. The molecule has 9 nitrogen and oxygen atoms in total. The van der Waals surface area contributed by atoms with Crippen LogP contribution in [0.3, 0.4) is 0 Å². The molecule has 0 saturated carbocycles. The predicted molar refractivity (Wildman–Crippen MR) is 114 cm³/mol. The predicted octanol–water partition coefficient (Wildman–Crippen LogP) is 3.94. The largest absolute Gasteiger partial charge is 0.493 e. The van der Waals surface area contributed by atoms with Gasteiger partial charge in [-0.25, -0.2) is 0 Å². The van der Waals surface area contributed by atoms with E-state index in [0.717, 1.165) is 11.1 Å². The Bertz CT molecular complexity index is 1040. The van der Waals surface area contributed by atoms with Crippen molar-refractivity contribution in [1.82, 2.24) is 10.2 Å². The molecule has 0 aliphatic heterocycles. The number of hydrogen-bond donors (Lipinski definition) is 1. The Labute approximate surface area is 180 Å². The van der Waals surface area contributed by atoms with Crippen LogP contribution in [-0.2, 0) is 17.0 Å². The molecule has 1 heterocycles. The van der Waals surface area contributed by atoms with Crippen molar-refractivity contribution in [3.8, 4) is 11.5 Å². The summed E-state index contributed by atoms with van der Waals surface area (Å²) < 4.78 is 11.1. The number of ether oxygens (including phenoxy) is 2. The minimum Gasteiger partial charge on any atom is -0.493 e. The summed E-state index contributed by atoms with van der Waals surface area (Å²) in [5.41, 5.74) is 1.77. The van der Waals surface area contributed by atoms with Gasteiger partial charge < -0.3 is 14.8 Å². The van der Waals surface area contributed by atoms with Gasteiger partial charge in [0, 0.05) is 17.9 Å². The summed E-state index contributed by atoms with van der Waals surface area (Å²) >= 11 is 2.71. The lowest BCUT2D eigenvalue weighted by atomic mass is 10.1. The van der Waals surface area contributed by atoms with Crippen LogP contribution in [-0.4, -0.2) is 35.2 Å². The molecule has 1 N–H and O–H groups in total. The fraction of sp³-hybridized carbons (Fsp3) is 0.211. The normalized spacial score (nSPS) is 10.5. The molecule has 30 heavy (non-hydrogen) atoms. The van der Waals surface area contributed by atoms with E-state index in [-0.39, 0.29) is 18.0 Å². The van der Waals surface area contributed by atoms with Gasteiger partial charge in [0.1, 0.15) is 0 Å². The number of benzene rings is 2. The number of rotatable bonds is 9. The number of carbonyl (C=O) groups excluding carboxylic acids is 1. The van der Waals surface area contributed by atoms with Crippen molar-refractivity contribution in [1.29, 1.82) is 0 Å². The maximum absolute atomic E-state index is 12.3. The lowest BCUT2D eigenvalue weighted by Gasteiger charge is -2.09. The standard InChI is InChI=1S/C19H18N4O5S2/c1-27-15-8-5-13(9-16(15)28-2)10-17(24)20-18-21-22-19(30-18)29-11-12-3-6-14(7-4-12)23(25)26/h3-9H,10-11H2,1-2H3,(H,20,21,24). The molecule has 0 saturated heterocycles. The minimum absolute atomic E-state index is 0.0548. The van der Waals surface area contributed by atoms with Crippen LogP contribution < -0.4 is 14.8 Å². The molecule has 1 aromatic heterocycles. The molecule has 0 aliphatic rings. The van der Waals surface area contributed by atoms with Gasteiger partial charge in [0.2, 0.25) is 11.0 Å². The lowest BCUT2D eigenvalue weighted by molar-refractivity contribution is -0.384. The molecule has 3 aromatic rings. The highest BCUT2D eigenvalue weighted by Crippen LogP contribution is 2.30. The maximum Gasteiger partial charge on any atom is 0.269 e. The fourth-order valence-electron chi connectivity index (χ4n) is 2.52. The van der Waals surface area contributed by atoms with E-state index in [0.29, 0.717) is 26.7 Å². The Morgan fingerprint density at radius 2 is 1.80 bits per heavy atom. The van der Waals surface area contributed by atoms with Gasteiger partial charge in [-0.3, -0.25) is 14.9 Å². The summed E-state index contributed by atoms with van der Waals surface area (Å²) in [6.45, 7) is 0. The van der Waals surface area contributed by atoms with Gasteiger partial charge in [-0.15, -0.1) is 10.2 Å². The van der Waals surface area contributed by atoms with Crippen molar-refractivity contribution in [3.05, 3.63) is 63.7 Å². The van der Waals surface area contributed by atoms with Gasteiger partial charge in [-0.2, -0.15) is 0 Å². The zero-order chi connectivity index (χ0) is 21.5. The number of carbonyl (C=O) groups is 1. The van der Waals surface area contributed by atoms with E-state index in [9.17, 15) is 14.9 Å². The van der Waals surface area contributed by atoms with E-state index in [4.69, 9.17) is 9.47 Å². The first-order chi connectivity index (χ1) is 14.5. The number of nitro benzene ring substituents is 1. The molecule has 0 unspecified atom stereocenters. The van der Waals surface area contributed by atoms with Gasteiger partial charge in [-0.1, -0.05) is 41.3 Å². The quantitative estimate of drug-likeness (QED) is 0.227. The summed E-state index contributed by atoms with van der Waals surface area (Å²) in [6, 6.07) is 11.7. The highest BCUT2D eigenvalue weighted by atomic mass is 32.2. The Hall–Kier alpha value is -3.18. The molecule has 0 atom stereocenters. The number of hydrogen-bond acceptors (Lipinski definition) is 9. The average molecular weight is 447 g/mol. The smallest absolute Gasteiger partial charge is 0.269 e. The Morgan fingerprint density at radius 3 is 2.47 bits per heavy atom. The molecule has 0 aliphatic carbocycles. The van der Waals surface area contributed by atoms with E-state index in [1.165, 1.54) is 35.2 Å². The van der Waals surface area contributed by atoms with Gasteiger partial charge in [-0.05, 0) is 23.3 Å². The number of nitrogens with zero attached hydrogens (tertiary/aromatic N) is 3. The zero-order valence-electron chi connectivity index (χ0n) is 16.2. The maximum atomic E-state index is 12.3. The number of anilines is 1. The third kappa shape index (κ3) is 5.67. The second-order valence-corrected chi connectivity index (χ2v) is 8.20. The van der Waals surface area contributed by atoms with Gasteiger partial charge in [0.25, 0.3) is 5.69 Å². The van der Waals surface area contributed by atoms with E-state index >= 15 is 0 Å². The Balaban J connectivity index is 1.53. The van der Waals surface area contributed by atoms with Crippen molar-refractivity contribution in [2.24, 2.45) is 0 Å². The summed E-state index contributed by atoms with van der Waals surface area (Å²) in [5.74, 6) is 1.53. The van der Waals surface area contributed by atoms with E-state index < -0.39 is 4.92 Å². The van der Waals surface area contributed by atoms with Crippen LogP contribution in [0.5, 0.6) is 11.5 Å². The molecule has 156 valence electrons. The fourth-order valence-corrected chi connectivity index (χ4v) is 4.24. The molecule has 11 heteroatoms. The first-order valence-corrected chi connectivity index (χ1v) is 10.5. The highest BCUT2D eigenvalue weighted by Gasteiger charge is 2.12. The number of methoxy groups -OCH3 is 2. The zero-order valence-corrected chi connectivity index (χ0v) is 17.8. The molecule has 0 radical (unpaired) electrons.